The van der Waals surface area contributed by atoms with Crippen LogP contribution in [-0.2, 0) is 15.2 Å². The highest BCUT2D eigenvalue weighted by molar-refractivity contribution is 5.87. The predicted octanol–water partition coefficient (Wildman–Crippen LogP) is 2.06. The largest absolute Gasteiger partial charge is 0.373 e. The third-order valence-corrected chi connectivity index (χ3v) is 6.74. The number of aliphatic hydroxyl groups is 1. The number of piperidine rings is 1. The van der Waals surface area contributed by atoms with Gasteiger partial charge in [-0.05, 0) is 44.4 Å². The topological polar surface area (TPSA) is 138 Å². The molecular formula is C25H29N7O4. The van der Waals surface area contributed by atoms with E-state index in [1.807, 2.05) is 24.0 Å². The van der Waals surface area contributed by atoms with Gasteiger partial charge in [0.15, 0.2) is 5.76 Å². The zero-order valence-electron chi connectivity index (χ0n) is 20.3. The molecule has 188 valence electrons. The van der Waals surface area contributed by atoms with Crippen LogP contribution in [0, 0.1) is 0 Å². The Labute approximate surface area is 208 Å². The molecule has 5 rings (SSSR count). The number of carbonyl (C=O) groups is 2. The van der Waals surface area contributed by atoms with Crippen LogP contribution in [0.25, 0.3) is 22.8 Å². The Hall–Kier alpha value is -3.86. The summed E-state index contributed by atoms with van der Waals surface area (Å²) in [6.07, 6.45) is 5.08. The third kappa shape index (κ3) is 4.53. The molecule has 2 N–H and O–H groups in total. The number of aromatic nitrogens is 4. The van der Waals surface area contributed by atoms with Gasteiger partial charge in [-0.2, -0.15) is 0 Å². The van der Waals surface area contributed by atoms with E-state index in [1.54, 1.807) is 31.4 Å². The highest BCUT2D eigenvalue weighted by Crippen LogP contribution is 2.34. The van der Waals surface area contributed by atoms with Crippen LogP contribution in [0.1, 0.15) is 38.4 Å². The molecule has 2 fully saturated rings. The van der Waals surface area contributed by atoms with Gasteiger partial charge in [-0.15, -0.1) is 0 Å². The summed E-state index contributed by atoms with van der Waals surface area (Å²) in [5.41, 5.74) is 0.338. The molecule has 0 bridgehead atoms. The molecule has 11 nitrogen and oxygen atoms in total. The maximum Gasteiger partial charge on any atom is 0.262 e. The molecule has 5 heterocycles. The molecule has 0 saturated carbocycles. The molecule has 0 radical (unpaired) electrons. The summed E-state index contributed by atoms with van der Waals surface area (Å²) in [6.45, 7) is 3.82. The highest BCUT2D eigenvalue weighted by Gasteiger charge is 2.48. The van der Waals surface area contributed by atoms with Gasteiger partial charge in [0.25, 0.3) is 5.91 Å². The molecule has 11 heteroatoms. The molecule has 2 aliphatic rings. The first-order valence-electron chi connectivity index (χ1n) is 12.2. The molecule has 2 aliphatic heterocycles. The average Bonchev–Trinajstić information content (AvgIpc) is 3.51. The molecule has 1 unspecified atom stereocenters. The summed E-state index contributed by atoms with van der Waals surface area (Å²) < 4.78 is 5.35. The Kier molecular flexibility index (Phi) is 6.40. The molecule has 2 atom stereocenters. The number of likely N-dealkylation sites (N-methyl/N-ethyl adjacent to an activating group) is 1. The first-order valence-corrected chi connectivity index (χ1v) is 12.2. The van der Waals surface area contributed by atoms with Gasteiger partial charge in [0.1, 0.15) is 11.7 Å². The minimum atomic E-state index is -1.72. The van der Waals surface area contributed by atoms with Crippen molar-refractivity contribution in [2.45, 2.75) is 44.2 Å². The number of amides is 2. The number of carbonyl (C=O) groups excluding carboxylic acids is 2. The van der Waals surface area contributed by atoms with Crippen molar-refractivity contribution >= 4 is 17.8 Å². The van der Waals surface area contributed by atoms with Crippen molar-refractivity contribution < 1.29 is 19.2 Å². The number of hydrogen-bond acceptors (Lipinski definition) is 9. The normalized spacial score (nSPS) is 21.0. The molecule has 3 aromatic heterocycles. The van der Waals surface area contributed by atoms with Gasteiger partial charge in [0, 0.05) is 45.4 Å². The summed E-state index contributed by atoms with van der Waals surface area (Å²) in [7, 11) is 1.64. The smallest absolute Gasteiger partial charge is 0.262 e. The van der Waals surface area contributed by atoms with Crippen molar-refractivity contribution in [2.75, 3.05) is 32.0 Å². The van der Waals surface area contributed by atoms with E-state index in [0.29, 0.717) is 35.3 Å². The van der Waals surface area contributed by atoms with E-state index in [9.17, 15) is 14.7 Å². The summed E-state index contributed by atoms with van der Waals surface area (Å²) in [4.78, 5) is 42.0. The minimum Gasteiger partial charge on any atom is -0.373 e. The second kappa shape index (κ2) is 9.65. The van der Waals surface area contributed by atoms with Crippen LogP contribution in [-0.4, -0.2) is 79.6 Å². The van der Waals surface area contributed by atoms with Crippen LogP contribution in [0.3, 0.4) is 0 Å². The second-order valence-corrected chi connectivity index (χ2v) is 9.34. The van der Waals surface area contributed by atoms with Crippen molar-refractivity contribution in [1.82, 2.24) is 29.9 Å². The van der Waals surface area contributed by atoms with Gasteiger partial charge in [-0.1, -0.05) is 11.2 Å². The van der Waals surface area contributed by atoms with E-state index in [0.717, 1.165) is 32.4 Å². The monoisotopic (exact) mass is 491 g/mol. The molecule has 3 aromatic rings. The lowest BCUT2D eigenvalue weighted by Gasteiger charge is -2.29. The molecule has 2 amide bonds. The van der Waals surface area contributed by atoms with E-state index < -0.39 is 17.6 Å². The summed E-state index contributed by atoms with van der Waals surface area (Å²) in [5, 5.41) is 18.0. The van der Waals surface area contributed by atoms with Crippen LogP contribution in [0.15, 0.2) is 41.1 Å². The summed E-state index contributed by atoms with van der Waals surface area (Å²) >= 11 is 0. The maximum atomic E-state index is 12.8. The fraction of sp³-hybridized carbons (Fsp3) is 0.440. The van der Waals surface area contributed by atoms with E-state index in [2.05, 4.69) is 25.4 Å². The summed E-state index contributed by atoms with van der Waals surface area (Å²) in [5.74, 6) is 0.0625. The van der Waals surface area contributed by atoms with Crippen LogP contribution < -0.4 is 5.32 Å². The number of pyridine rings is 1. The standard InChI is InChI=1S/C25H29N7O4/c1-16(22(33)32-12-4-3-5-13-32)27-24-26-11-9-19(29-24)17-7-6-8-18(28-17)20-15-21(36-30-20)25(35)10-14-31(2)23(25)34/h6-9,11,15-16,35H,3-5,10,12-14H2,1-2H3,(H,26,27,29)/t16?,25-/m1/s1. The lowest BCUT2D eigenvalue weighted by molar-refractivity contribution is -0.144. The van der Waals surface area contributed by atoms with Crippen molar-refractivity contribution in [1.29, 1.82) is 0 Å². The molecule has 36 heavy (non-hydrogen) atoms. The number of nitrogens with zero attached hydrogens (tertiary/aromatic N) is 6. The predicted molar refractivity (Wildman–Crippen MR) is 130 cm³/mol. The van der Waals surface area contributed by atoms with E-state index in [-0.39, 0.29) is 18.1 Å². The maximum absolute atomic E-state index is 12.8. The second-order valence-electron chi connectivity index (χ2n) is 9.34. The quantitative estimate of drug-likeness (QED) is 0.531. The number of rotatable bonds is 6. The van der Waals surface area contributed by atoms with Gasteiger partial charge in [0.2, 0.25) is 17.5 Å². The first kappa shape index (κ1) is 23.9. The van der Waals surface area contributed by atoms with Gasteiger partial charge in [-0.25, -0.2) is 15.0 Å². The number of likely N-dealkylation sites (tertiary alicyclic amines) is 2. The molecule has 0 aromatic carbocycles. The molecule has 0 aliphatic carbocycles. The van der Waals surface area contributed by atoms with Crippen LogP contribution in [0.4, 0.5) is 5.95 Å². The third-order valence-electron chi connectivity index (χ3n) is 6.74. The van der Waals surface area contributed by atoms with Gasteiger partial charge in [0.05, 0.1) is 17.1 Å². The number of hydrogen-bond donors (Lipinski definition) is 2. The van der Waals surface area contributed by atoms with Crippen molar-refractivity contribution in [3.8, 4) is 22.8 Å². The average molecular weight is 492 g/mol. The van der Waals surface area contributed by atoms with E-state index in [4.69, 9.17) is 4.52 Å². The highest BCUT2D eigenvalue weighted by atomic mass is 16.5. The summed E-state index contributed by atoms with van der Waals surface area (Å²) in [6, 6.07) is 8.21. The van der Waals surface area contributed by atoms with E-state index in [1.165, 1.54) is 4.90 Å². The molecule has 0 spiro atoms. The Bertz CT molecular complexity index is 1270. The van der Waals surface area contributed by atoms with Crippen molar-refractivity contribution in [3.63, 3.8) is 0 Å². The Morgan fingerprint density at radius 2 is 1.81 bits per heavy atom. The zero-order valence-corrected chi connectivity index (χ0v) is 20.3. The van der Waals surface area contributed by atoms with Crippen molar-refractivity contribution in [3.05, 3.63) is 42.3 Å². The fourth-order valence-electron chi connectivity index (χ4n) is 4.61. The fourth-order valence-corrected chi connectivity index (χ4v) is 4.61. The zero-order chi connectivity index (χ0) is 25.3. The lowest BCUT2D eigenvalue weighted by atomic mass is 9.98. The first-order chi connectivity index (χ1) is 17.3. The molecule has 2 saturated heterocycles. The molecular weight excluding hydrogens is 462 g/mol. The minimum absolute atomic E-state index is 0.0410. The Morgan fingerprint density at radius 1 is 1.08 bits per heavy atom. The number of nitrogens with one attached hydrogen (secondary N) is 1. The van der Waals surface area contributed by atoms with Crippen molar-refractivity contribution in [2.24, 2.45) is 0 Å². The Morgan fingerprint density at radius 3 is 2.53 bits per heavy atom. The van der Waals surface area contributed by atoms with E-state index >= 15 is 0 Å². The lowest BCUT2D eigenvalue weighted by Crippen LogP contribution is -2.44. The Balaban J connectivity index is 1.33. The van der Waals surface area contributed by atoms with Gasteiger partial charge < -0.3 is 24.7 Å². The number of anilines is 1. The van der Waals surface area contributed by atoms with Gasteiger partial charge >= 0.3 is 0 Å². The van der Waals surface area contributed by atoms with Crippen LogP contribution in [0.5, 0.6) is 0 Å². The van der Waals surface area contributed by atoms with Crippen LogP contribution >= 0.6 is 0 Å². The van der Waals surface area contributed by atoms with Gasteiger partial charge in [-0.3, -0.25) is 9.59 Å². The van der Waals surface area contributed by atoms with Crippen LogP contribution in [0.2, 0.25) is 0 Å². The SMILES string of the molecule is CC(Nc1nccc(-c2cccc(-c3cc([C@]4(O)CCN(C)C4=O)on3)n2)n1)C(=O)N1CCCCC1.